The number of rotatable bonds is 12. The number of carbonyl (C=O) groups excluding carboxylic acids is 2. The van der Waals surface area contributed by atoms with Gasteiger partial charge in [0.05, 0.1) is 6.61 Å². The first-order valence-electron chi connectivity index (χ1n) is 15.0. The van der Waals surface area contributed by atoms with Crippen LogP contribution in [0.1, 0.15) is 78.2 Å². The Balaban J connectivity index is 1.48. The third-order valence-corrected chi connectivity index (χ3v) is 8.58. The molecule has 14 heteroatoms. The lowest BCUT2D eigenvalue weighted by molar-refractivity contribution is -0.353. The van der Waals surface area contributed by atoms with Gasteiger partial charge in [0, 0.05) is 12.0 Å². The van der Waals surface area contributed by atoms with Crippen molar-refractivity contribution in [1.82, 2.24) is 10.2 Å². The highest BCUT2D eigenvalue weighted by molar-refractivity contribution is 6.07. The van der Waals surface area contributed by atoms with Crippen molar-refractivity contribution in [1.29, 1.82) is 0 Å². The zero-order valence-corrected chi connectivity index (χ0v) is 25.5. The average molecular weight is 649 g/mol. The first-order valence-corrected chi connectivity index (χ1v) is 15.0. The Bertz CT molecular complexity index is 1340. The van der Waals surface area contributed by atoms with Gasteiger partial charge in [0.15, 0.2) is 11.5 Å². The van der Waals surface area contributed by atoms with Crippen molar-refractivity contribution in [2.45, 2.75) is 102 Å². The fraction of sp³-hybridized carbons (Fsp3) is 0.613. The number of carbonyl (C=O) groups is 2. The highest BCUT2D eigenvalue weighted by Gasteiger charge is 2.72. The minimum atomic E-state index is -5.96. The largest absolute Gasteiger partial charge is 0.497 e. The Morgan fingerprint density at radius 3 is 2.38 bits per heavy atom. The van der Waals surface area contributed by atoms with Gasteiger partial charge >= 0.3 is 18.4 Å². The molecule has 2 heterocycles. The van der Waals surface area contributed by atoms with Crippen LogP contribution in [0.5, 0.6) is 11.5 Å². The van der Waals surface area contributed by atoms with Crippen LogP contribution in [-0.4, -0.2) is 59.3 Å². The molecular formula is C31H38F6N2O6. The Kier molecular flexibility index (Phi) is 9.77. The molecule has 3 aliphatic rings. The molecule has 3 atom stereocenters. The summed E-state index contributed by atoms with van der Waals surface area (Å²) in [5.41, 5.74) is -6.74. The molecule has 250 valence electrons. The van der Waals surface area contributed by atoms with E-state index in [1.807, 2.05) is 0 Å². The van der Waals surface area contributed by atoms with Crippen LogP contribution >= 0.6 is 0 Å². The summed E-state index contributed by atoms with van der Waals surface area (Å²) < 4.78 is 98.9. The van der Waals surface area contributed by atoms with Gasteiger partial charge < -0.3 is 24.6 Å². The van der Waals surface area contributed by atoms with E-state index >= 15 is 0 Å². The van der Waals surface area contributed by atoms with Crippen LogP contribution in [0.2, 0.25) is 0 Å². The summed E-state index contributed by atoms with van der Waals surface area (Å²) >= 11 is 0. The van der Waals surface area contributed by atoms with Gasteiger partial charge in [-0.2, -0.15) is 26.3 Å². The molecule has 2 aliphatic heterocycles. The van der Waals surface area contributed by atoms with Crippen LogP contribution in [0.4, 0.5) is 31.1 Å². The number of hydrogen-bond donors (Lipinski definition) is 2. The number of nitrogens with zero attached hydrogens (tertiary/aromatic N) is 1. The third kappa shape index (κ3) is 6.34. The Morgan fingerprint density at radius 1 is 1.09 bits per heavy atom. The van der Waals surface area contributed by atoms with E-state index in [9.17, 15) is 41.0 Å². The van der Waals surface area contributed by atoms with Gasteiger partial charge in [-0.1, -0.05) is 38.8 Å². The fourth-order valence-electron chi connectivity index (χ4n) is 6.15. The molecule has 0 radical (unpaired) electrons. The molecule has 0 bridgehead atoms. The van der Waals surface area contributed by atoms with Crippen molar-refractivity contribution in [3.05, 3.63) is 46.7 Å². The Labute approximate surface area is 257 Å². The van der Waals surface area contributed by atoms with E-state index < -0.39 is 59.4 Å². The summed E-state index contributed by atoms with van der Waals surface area (Å²) in [4.78, 5) is 27.5. The summed E-state index contributed by atoms with van der Waals surface area (Å²) in [7, 11) is 0. The molecule has 4 rings (SSSR count). The number of alkyl halides is 6. The molecule has 0 spiro atoms. The van der Waals surface area contributed by atoms with Gasteiger partial charge in [0.25, 0.3) is 11.5 Å². The van der Waals surface area contributed by atoms with Gasteiger partial charge in [-0.05, 0) is 74.8 Å². The van der Waals surface area contributed by atoms with Crippen LogP contribution in [0.15, 0.2) is 41.2 Å². The number of fused-ring (bicyclic) bond motifs is 1. The second-order valence-electron chi connectivity index (χ2n) is 11.8. The van der Waals surface area contributed by atoms with Crippen molar-refractivity contribution < 1.29 is 55.2 Å². The maximum atomic E-state index is 13.7. The second-order valence-corrected chi connectivity index (χ2v) is 11.8. The number of benzene rings is 1. The van der Waals surface area contributed by atoms with E-state index in [0.29, 0.717) is 48.5 Å². The second kappa shape index (κ2) is 12.8. The maximum absolute atomic E-state index is 13.7. The van der Waals surface area contributed by atoms with Crippen molar-refractivity contribution in [3.63, 3.8) is 0 Å². The predicted octanol–water partition coefficient (Wildman–Crippen LogP) is 7.02. The minimum Gasteiger partial charge on any atom is -0.497 e. The topological polar surface area (TPSA) is 97.3 Å². The lowest BCUT2D eigenvalue weighted by Gasteiger charge is -2.38. The maximum Gasteiger partial charge on any atom is 0.430 e. The molecule has 3 amide bonds. The van der Waals surface area contributed by atoms with E-state index in [1.54, 1.807) is 45.9 Å². The molecule has 8 nitrogen and oxygen atoms in total. The highest BCUT2D eigenvalue weighted by Crippen LogP contribution is 2.52. The minimum absolute atomic E-state index is 0.0534. The molecule has 3 unspecified atom stereocenters. The fourth-order valence-corrected chi connectivity index (χ4v) is 6.15. The van der Waals surface area contributed by atoms with Gasteiger partial charge in [-0.25, -0.2) is 4.79 Å². The summed E-state index contributed by atoms with van der Waals surface area (Å²) in [5, 5.41) is 12.8. The van der Waals surface area contributed by atoms with Crippen LogP contribution in [0.25, 0.3) is 0 Å². The molecule has 2 N–H and O–H groups in total. The number of halogens is 6. The van der Waals surface area contributed by atoms with E-state index in [1.165, 1.54) is 0 Å². The van der Waals surface area contributed by atoms with E-state index in [-0.39, 0.29) is 31.8 Å². The Hall–Kier alpha value is -3.42. The van der Waals surface area contributed by atoms with Crippen LogP contribution < -0.4 is 14.8 Å². The summed E-state index contributed by atoms with van der Waals surface area (Å²) in [6.07, 6.45) is -9.83. The molecule has 1 fully saturated rings. The first-order chi connectivity index (χ1) is 21.0. The van der Waals surface area contributed by atoms with Crippen LogP contribution in [0, 0.1) is 5.92 Å². The number of ether oxygens (including phenoxy) is 3. The lowest BCUT2D eigenvalue weighted by atomic mass is 9.77. The molecule has 0 saturated carbocycles. The first kappa shape index (κ1) is 34.5. The van der Waals surface area contributed by atoms with E-state index in [2.05, 4.69) is 5.32 Å². The summed E-state index contributed by atoms with van der Waals surface area (Å²) in [5.74, 6) is 0.0562. The average Bonchev–Trinajstić information content (AvgIpc) is 3.51. The van der Waals surface area contributed by atoms with Crippen LogP contribution in [-0.2, 0) is 15.1 Å². The zero-order valence-electron chi connectivity index (χ0n) is 25.5. The molecule has 0 aromatic heterocycles. The predicted molar refractivity (Wildman–Crippen MR) is 150 cm³/mol. The summed E-state index contributed by atoms with van der Waals surface area (Å²) in [6, 6.07) is 3.87. The van der Waals surface area contributed by atoms with Gasteiger partial charge in [0.2, 0.25) is 6.79 Å². The SMILES string of the molecule is CCCC1=C(OCCCC(C)N2C(=O)NC(C)(c3ccc4c(c3)OCO4)C2=O)C(CCC)CC(C(O)(C(F)(F)F)C(F)(F)F)=C1. The third-order valence-electron chi connectivity index (χ3n) is 8.58. The van der Waals surface area contributed by atoms with Crippen molar-refractivity contribution in [2.24, 2.45) is 5.92 Å². The molecule has 1 aliphatic carbocycles. The monoisotopic (exact) mass is 648 g/mol. The van der Waals surface area contributed by atoms with Gasteiger partial charge in [-0.3, -0.25) is 9.69 Å². The Morgan fingerprint density at radius 2 is 1.76 bits per heavy atom. The quantitative estimate of drug-likeness (QED) is 0.144. The standard InChI is InChI=1S/C31H38F6N2O6/c1-5-8-19-14-22(29(42,30(32,33)34)31(35,36)37)15-20(9-6-2)25(19)43-13-7-10-18(3)39-26(40)28(4,38-27(39)41)21-11-12-23-24(16-21)45-17-44-23/h11-12,14,16,18,20,42H,5-10,13,15,17H2,1-4H3,(H,38,41). The van der Waals surface area contributed by atoms with Crippen molar-refractivity contribution in [2.75, 3.05) is 13.4 Å². The number of hydrogen-bond acceptors (Lipinski definition) is 6. The van der Waals surface area contributed by atoms with E-state index in [4.69, 9.17) is 14.2 Å². The smallest absolute Gasteiger partial charge is 0.430 e. The number of aliphatic hydroxyl groups is 1. The zero-order chi connectivity index (χ0) is 33.4. The van der Waals surface area contributed by atoms with Gasteiger partial charge in [0.1, 0.15) is 11.3 Å². The van der Waals surface area contributed by atoms with Crippen LogP contribution in [0.3, 0.4) is 0 Å². The molecule has 1 saturated heterocycles. The molecule has 45 heavy (non-hydrogen) atoms. The number of nitrogens with one attached hydrogen (secondary N) is 1. The number of imide groups is 1. The molecular weight excluding hydrogens is 610 g/mol. The number of urea groups is 1. The number of allylic oxidation sites excluding steroid dienone is 3. The van der Waals surface area contributed by atoms with Gasteiger partial charge in [-0.15, -0.1) is 0 Å². The van der Waals surface area contributed by atoms with Crippen molar-refractivity contribution in [3.8, 4) is 11.5 Å². The molecule has 1 aromatic carbocycles. The van der Waals surface area contributed by atoms with E-state index in [0.717, 1.165) is 11.0 Å². The van der Waals surface area contributed by atoms with Crippen molar-refractivity contribution >= 4 is 11.9 Å². The number of amides is 3. The normalized spacial score (nSPS) is 23.0. The highest BCUT2D eigenvalue weighted by atomic mass is 19.4. The lowest BCUT2D eigenvalue weighted by Crippen LogP contribution is -2.58. The summed E-state index contributed by atoms with van der Waals surface area (Å²) in [6.45, 7) is 6.90. The molecule has 1 aromatic rings.